The molecule has 3 rings (SSSR count). The SMILES string of the molecule is O=C(NCCSCc1ccccc1)c1ccccc1NS(=O)(=O)c1ccccc1. The molecule has 5 nitrogen and oxygen atoms in total. The maximum atomic E-state index is 12.6. The third kappa shape index (κ3) is 6.10. The average Bonchev–Trinajstić information content (AvgIpc) is 2.75. The maximum absolute atomic E-state index is 12.6. The van der Waals surface area contributed by atoms with Crippen molar-refractivity contribution in [3.05, 3.63) is 96.1 Å². The minimum Gasteiger partial charge on any atom is -0.351 e. The molecule has 2 N–H and O–H groups in total. The van der Waals surface area contributed by atoms with Gasteiger partial charge in [-0.3, -0.25) is 9.52 Å². The molecule has 0 spiro atoms. The van der Waals surface area contributed by atoms with E-state index in [2.05, 4.69) is 22.2 Å². The van der Waals surface area contributed by atoms with Crippen molar-refractivity contribution in [2.24, 2.45) is 0 Å². The number of hydrogen-bond donors (Lipinski definition) is 2. The van der Waals surface area contributed by atoms with Crippen molar-refractivity contribution in [1.82, 2.24) is 5.32 Å². The summed E-state index contributed by atoms with van der Waals surface area (Å²) in [6, 6.07) is 24.8. The molecular weight excluding hydrogens is 404 g/mol. The van der Waals surface area contributed by atoms with Gasteiger partial charge >= 0.3 is 0 Å². The van der Waals surface area contributed by atoms with E-state index in [0.29, 0.717) is 12.1 Å². The van der Waals surface area contributed by atoms with Crippen LogP contribution in [0.3, 0.4) is 0 Å². The molecule has 0 radical (unpaired) electrons. The van der Waals surface area contributed by atoms with Crippen molar-refractivity contribution in [2.45, 2.75) is 10.6 Å². The van der Waals surface area contributed by atoms with E-state index < -0.39 is 10.0 Å². The zero-order chi connectivity index (χ0) is 20.5. The van der Waals surface area contributed by atoms with Gasteiger partial charge in [-0.15, -0.1) is 0 Å². The highest BCUT2D eigenvalue weighted by atomic mass is 32.2. The number of nitrogens with one attached hydrogen (secondary N) is 2. The molecule has 0 bridgehead atoms. The predicted octanol–water partition coefficient (Wildman–Crippen LogP) is 4.15. The monoisotopic (exact) mass is 426 g/mol. The van der Waals surface area contributed by atoms with Gasteiger partial charge in [0, 0.05) is 18.1 Å². The van der Waals surface area contributed by atoms with Gasteiger partial charge in [0.15, 0.2) is 0 Å². The Bertz CT molecular complexity index is 1040. The molecule has 0 heterocycles. The lowest BCUT2D eigenvalue weighted by Gasteiger charge is -2.13. The fourth-order valence-corrected chi connectivity index (χ4v) is 4.59. The zero-order valence-corrected chi connectivity index (χ0v) is 17.4. The smallest absolute Gasteiger partial charge is 0.261 e. The molecule has 0 fully saturated rings. The number of carbonyl (C=O) groups excluding carboxylic acids is 1. The van der Waals surface area contributed by atoms with Gasteiger partial charge in [-0.25, -0.2) is 8.42 Å². The summed E-state index contributed by atoms with van der Waals surface area (Å²) in [4.78, 5) is 12.7. The summed E-state index contributed by atoms with van der Waals surface area (Å²) < 4.78 is 27.6. The van der Waals surface area contributed by atoms with E-state index >= 15 is 0 Å². The Labute approximate surface area is 175 Å². The number of thioether (sulfide) groups is 1. The van der Waals surface area contributed by atoms with Gasteiger partial charge in [-0.05, 0) is 29.8 Å². The molecule has 0 aromatic heterocycles. The van der Waals surface area contributed by atoms with E-state index in [1.54, 1.807) is 54.2 Å². The molecule has 3 aromatic carbocycles. The summed E-state index contributed by atoms with van der Waals surface area (Å²) in [6.07, 6.45) is 0. The predicted molar refractivity (Wildman–Crippen MR) is 119 cm³/mol. The van der Waals surface area contributed by atoms with E-state index in [4.69, 9.17) is 0 Å². The van der Waals surface area contributed by atoms with E-state index in [-0.39, 0.29) is 16.5 Å². The van der Waals surface area contributed by atoms with Crippen molar-refractivity contribution in [1.29, 1.82) is 0 Å². The van der Waals surface area contributed by atoms with Gasteiger partial charge in [-0.2, -0.15) is 11.8 Å². The van der Waals surface area contributed by atoms with Crippen LogP contribution in [0, 0.1) is 0 Å². The topological polar surface area (TPSA) is 75.3 Å². The standard InChI is InChI=1S/C22H22N2O3S2/c25-22(23-15-16-28-17-18-9-3-1-4-10-18)20-13-7-8-14-21(20)24-29(26,27)19-11-5-2-6-12-19/h1-14,24H,15-17H2,(H,23,25). The second-order valence-corrected chi connectivity index (χ2v) is 9.05. The third-order valence-corrected chi connectivity index (χ3v) is 6.52. The van der Waals surface area contributed by atoms with E-state index in [1.165, 1.54) is 17.7 Å². The Morgan fingerprint density at radius 2 is 1.45 bits per heavy atom. The minimum absolute atomic E-state index is 0.146. The van der Waals surface area contributed by atoms with E-state index in [1.807, 2.05) is 18.2 Å². The van der Waals surface area contributed by atoms with Crippen molar-refractivity contribution in [2.75, 3.05) is 17.0 Å². The quantitative estimate of drug-likeness (QED) is 0.504. The molecule has 0 unspecified atom stereocenters. The van der Waals surface area contributed by atoms with Gasteiger partial charge in [0.1, 0.15) is 0 Å². The number of carbonyl (C=O) groups is 1. The fourth-order valence-electron chi connectivity index (χ4n) is 2.67. The van der Waals surface area contributed by atoms with Crippen molar-refractivity contribution in [3.8, 4) is 0 Å². The molecule has 0 aliphatic rings. The molecule has 29 heavy (non-hydrogen) atoms. The number of benzene rings is 3. The lowest BCUT2D eigenvalue weighted by Crippen LogP contribution is -2.27. The van der Waals surface area contributed by atoms with Gasteiger partial charge in [0.2, 0.25) is 0 Å². The summed E-state index contributed by atoms with van der Waals surface area (Å²) in [5, 5.41) is 2.86. The molecule has 150 valence electrons. The first-order chi connectivity index (χ1) is 14.1. The number of sulfonamides is 1. The molecule has 7 heteroatoms. The normalized spacial score (nSPS) is 11.0. The number of para-hydroxylation sites is 1. The highest BCUT2D eigenvalue weighted by Crippen LogP contribution is 2.20. The van der Waals surface area contributed by atoms with E-state index in [9.17, 15) is 13.2 Å². The fraction of sp³-hybridized carbons (Fsp3) is 0.136. The van der Waals surface area contributed by atoms with Crippen LogP contribution in [0.5, 0.6) is 0 Å². The minimum atomic E-state index is -3.76. The Hall–Kier alpha value is -2.77. The van der Waals surface area contributed by atoms with Gasteiger partial charge < -0.3 is 5.32 Å². The Morgan fingerprint density at radius 3 is 2.17 bits per heavy atom. The van der Waals surface area contributed by atoms with Gasteiger partial charge in [0.25, 0.3) is 15.9 Å². The highest BCUT2D eigenvalue weighted by molar-refractivity contribution is 7.98. The van der Waals surface area contributed by atoms with Crippen LogP contribution < -0.4 is 10.0 Å². The summed E-state index contributed by atoms with van der Waals surface area (Å²) in [6.45, 7) is 0.496. The molecular formula is C22H22N2O3S2. The largest absolute Gasteiger partial charge is 0.351 e. The molecule has 1 amide bonds. The van der Waals surface area contributed by atoms with Crippen molar-refractivity contribution >= 4 is 33.4 Å². The Balaban J connectivity index is 1.57. The van der Waals surface area contributed by atoms with Crippen LogP contribution in [0.15, 0.2) is 89.8 Å². The molecule has 0 atom stereocenters. The van der Waals surface area contributed by atoms with Crippen LogP contribution in [0.2, 0.25) is 0 Å². The lowest BCUT2D eigenvalue weighted by molar-refractivity contribution is 0.0957. The van der Waals surface area contributed by atoms with Crippen LogP contribution in [-0.4, -0.2) is 26.6 Å². The summed E-state index contributed by atoms with van der Waals surface area (Å²) in [5.41, 5.74) is 1.79. The first-order valence-electron chi connectivity index (χ1n) is 9.13. The summed E-state index contributed by atoms with van der Waals surface area (Å²) >= 11 is 1.73. The number of rotatable bonds is 9. The first kappa shape index (κ1) is 21.0. The average molecular weight is 427 g/mol. The summed E-state index contributed by atoms with van der Waals surface area (Å²) in [5.74, 6) is 1.33. The number of amides is 1. The lowest BCUT2D eigenvalue weighted by atomic mass is 10.2. The van der Waals surface area contributed by atoms with Crippen LogP contribution in [0.1, 0.15) is 15.9 Å². The molecule has 0 aliphatic heterocycles. The van der Waals surface area contributed by atoms with Crippen LogP contribution in [0.25, 0.3) is 0 Å². The molecule has 0 saturated heterocycles. The van der Waals surface area contributed by atoms with E-state index in [0.717, 1.165) is 11.5 Å². The van der Waals surface area contributed by atoms with Crippen molar-refractivity contribution in [3.63, 3.8) is 0 Å². The molecule has 0 saturated carbocycles. The van der Waals surface area contributed by atoms with Gasteiger partial charge in [-0.1, -0.05) is 60.7 Å². The van der Waals surface area contributed by atoms with Crippen molar-refractivity contribution < 1.29 is 13.2 Å². The number of hydrogen-bond acceptors (Lipinski definition) is 4. The maximum Gasteiger partial charge on any atom is 0.261 e. The van der Waals surface area contributed by atoms with Crippen LogP contribution in [0.4, 0.5) is 5.69 Å². The molecule has 0 aliphatic carbocycles. The van der Waals surface area contributed by atoms with Crippen LogP contribution in [-0.2, 0) is 15.8 Å². The second-order valence-electron chi connectivity index (χ2n) is 6.26. The van der Waals surface area contributed by atoms with Crippen LogP contribution >= 0.6 is 11.8 Å². The zero-order valence-electron chi connectivity index (χ0n) is 15.7. The summed E-state index contributed by atoms with van der Waals surface area (Å²) in [7, 11) is -3.76. The number of anilines is 1. The highest BCUT2D eigenvalue weighted by Gasteiger charge is 2.18. The Kier molecular flexibility index (Phi) is 7.32. The van der Waals surface area contributed by atoms with Gasteiger partial charge in [0.05, 0.1) is 16.1 Å². The first-order valence-corrected chi connectivity index (χ1v) is 11.8. The second kappa shape index (κ2) is 10.1. The Morgan fingerprint density at radius 1 is 0.828 bits per heavy atom. The third-order valence-electron chi connectivity index (χ3n) is 4.11. The molecule has 3 aromatic rings.